The number of piperazine rings is 1. The minimum Gasteiger partial charge on any atom is -0.340 e. The van der Waals surface area contributed by atoms with Crippen molar-refractivity contribution in [2.75, 3.05) is 26.2 Å². The molecule has 0 spiro atoms. The molecule has 162 valence electrons. The van der Waals surface area contributed by atoms with Crippen molar-refractivity contribution >= 4 is 33.4 Å². The number of nitriles is 1. The van der Waals surface area contributed by atoms with E-state index in [-0.39, 0.29) is 53.1 Å². The molecule has 0 radical (unpaired) electrons. The Morgan fingerprint density at radius 3 is 2.32 bits per heavy atom. The third-order valence-electron chi connectivity index (χ3n) is 5.01. The van der Waals surface area contributed by atoms with E-state index in [9.17, 15) is 23.3 Å². The highest BCUT2D eigenvalue weighted by Crippen LogP contribution is 2.21. The summed E-state index contributed by atoms with van der Waals surface area (Å²) in [5.74, 6) is -0.768. The Kier molecular flexibility index (Phi) is 6.95. The lowest BCUT2D eigenvalue weighted by molar-refractivity contribution is -0.134. The van der Waals surface area contributed by atoms with Gasteiger partial charge in [-0.15, -0.1) is 0 Å². The van der Waals surface area contributed by atoms with Crippen molar-refractivity contribution in [1.29, 1.82) is 5.26 Å². The summed E-state index contributed by atoms with van der Waals surface area (Å²) in [4.78, 5) is 26.6. The summed E-state index contributed by atoms with van der Waals surface area (Å²) < 4.78 is 27.1. The van der Waals surface area contributed by atoms with Crippen LogP contribution in [0.3, 0.4) is 0 Å². The van der Waals surface area contributed by atoms with Gasteiger partial charge in [-0.1, -0.05) is 35.9 Å². The molecule has 1 atom stereocenters. The molecule has 8 nitrogen and oxygen atoms in total. The van der Waals surface area contributed by atoms with Crippen molar-refractivity contribution in [2.24, 2.45) is 0 Å². The average Bonchev–Trinajstić information content (AvgIpc) is 2.78. The smallest absolute Gasteiger partial charge is 0.253 e. The lowest BCUT2D eigenvalue weighted by atomic mass is 10.2. The van der Waals surface area contributed by atoms with E-state index in [1.165, 1.54) is 21.3 Å². The van der Waals surface area contributed by atoms with Crippen LogP contribution in [0.4, 0.5) is 0 Å². The van der Waals surface area contributed by atoms with Gasteiger partial charge >= 0.3 is 0 Å². The molecule has 31 heavy (non-hydrogen) atoms. The third-order valence-corrected chi connectivity index (χ3v) is 7.30. The average molecular weight is 461 g/mol. The predicted molar refractivity (Wildman–Crippen MR) is 115 cm³/mol. The zero-order valence-corrected chi connectivity index (χ0v) is 18.4. The maximum absolute atomic E-state index is 12.9. The summed E-state index contributed by atoms with van der Waals surface area (Å²) in [6.45, 7) is 2.12. The Morgan fingerprint density at radius 1 is 1.06 bits per heavy atom. The van der Waals surface area contributed by atoms with Crippen LogP contribution in [0.25, 0.3) is 0 Å². The van der Waals surface area contributed by atoms with E-state index in [1.54, 1.807) is 43.3 Å². The SMILES string of the molecule is C[C@H](NC(=O)c1ccccc1Cl)C(=O)N1CCN(S(=O)(=O)c2ccccc2C#N)CC1. The first-order valence-electron chi connectivity index (χ1n) is 9.59. The van der Waals surface area contributed by atoms with Gasteiger partial charge < -0.3 is 10.2 Å². The van der Waals surface area contributed by atoms with Gasteiger partial charge in [-0.05, 0) is 31.2 Å². The van der Waals surface area contributed by atoms with Crippen LogP contribution in [0.5, 0.6) is 0 Å². The van der Waals surface area contributed by atoms with Gasteiger partial charge in [0.15, 0.2) is 0 Å². The van der Waals surface area contributed by atoms with Crippen LogP contribution in [-0.4, -0.2) is 61.7 Å². The normalized spacial score (nSPS) is 15.7. The molecule has 2 aromatic rings. The lowest BCUT2D eigenvalue weighted by Crippen LogP contribution is -2.55. The second-order valence-corrected chi connectivity index (χ2v) is 9.33. The Labute approximate surface area is 186 Å². The molecule has 0 aliphatic carbocycles. The van der Waals surface area contributed by atoms with E-state index >= 15 is 0 Å². The van der Waals surface area contributed by atoms with Crippen molar-refractivity contribution in [3.63, 3.8) is 0 Å². The number of sulfonamides is 1. The predicted octanol–water partition coefficient (Wildman–Crippen LogP) is 1.86. The number of nitrogens with zero attached hydrogens (tertiary/aromatic N) is 3. The summed E-state index contributed by atoms with van der Waals surface area (Å²) >= 11 is 6.02. The molecule has 10 heteroatoms. The maximum Gasteiger partial charge on any atom is 0.253 e. The molecule has 2 amide bonds. The number of carbonyl (C=O) groups excluding carboxylic acids is 2. The molecule has 1 aliphatic heterocycles. The molecule has 1 aliphatic rings. The van der Waals surface area contributed by atoms with Gasteiger partial charge in [0.1, 0.15) is 12.1 Å². The highest BCUT2D eigenvalue weighted by molar-refractivity contribution is 7.89. The molecule has 0 saturated carbocycles. The van der Waals surface area contributed by atoms with Gasteiger partial charge in [0.2, 0.25) is 15.9 Å². The second kappa shape index (κ2) is 9.47. The number of amides is 2. The van der Waals surface area contributed by atoms with E-state index in [1.807, 2.05) is 6.07 Å². The number of rotatable bonds is 5. The molecular weight excluding hydrogens is 440 g/mol. The third kappa shape index (κ3) is 4.88. The standard InChI is InChI=1S/C21H21ClN4O4S/c1-15(24-20(27)17-7-3-4-8-18(17)22)21(28)25-10-12-26(13-11-25)31(29,30)19-9-5-2-6-16(19)14-23/h2-9,15H,10-13H2,1H3,(H,24,27)/t15-/m0/s1. The van der Waals surface area contributed by atoms with Crippen molar-refractivity contribution in [1.82, 2.24) is 14.5 Å². The molecule has 0 unspecified atom stereocenters. The molecule has 1 N–H and O–H groups in total. The minimum absolute atomic E-state index is 0.0438. The number of hydrogen-bond acceptors (Lipinski definition) is 5. The monoisotopic (exact) mass is 460 g/mol. The minimum atomic E-state index is -3.85. The lowest BCUT2D eigenvalue weighted by Gasteiger charge is -2.35. The first kappa shape index (κ1) is 22.7. The van der Waals surface area contributed by atoms with Crippen LogP contribution < -0.4 is 5.32 Å². The molecular formula is C21H21ClN4O4S. The Bertz CT molecular complexity index is 1140. The first-order chi connectivity index (χ1) is 14.8. The fraction of sp³-hybridized carbons (Fsp3) is 0.286. The fourth-order valence-electron chi connectivity index (χ4n) is 3.33. The summed E-state index contributed by atoms with van der Waals surface area (Å²) in [5.41, 5.74) is 0.354. The van der Waals surface area contributed by atoms with Gasteiger partial charge in [0.05, 0.1) is 21.0 Å². The first-order valence-corrected chi connectivity index (χ1v) is 11.4. The number of benzene rings is 2. The Hall–Kier alpha value is -2.93. The van der Waals surface area contributed by atoms with Crippen molar-refractivity contribution in [2.45, 2.75) is 17.9 Å². The van der Waals surface area contributed by atoms with E-state index < -0.39 is 22.0 Å². The Morgan fingerprint density at radius 2 is 1.68 bits per heavy atom. The van der Waals surface area contributed by atoms with Crippen LogP contribution in [-0.2, 0) is 14.8 Å². The molecule has 0 bridgehead atoms. The highest BCUT2D eigenvalue weighted by Gasteiger charge is 2.33. The summed E-state index contributed by atoms with van der Waals surface area (Å²) in [6.07, 6.45) is 0. The largest absolute Gasteiger partial charge is 0.340 e. The quantitative estimate of drug-likeness (QED) is 0.732. The number of halogens is 1. The van der Waals surface area contributed by atoms with Crippen LogP contribution in [0.1, 0.15) is 22.8 Å². The van der Waals surface area contributed by atoms with Crippen molar-refractivity contribution in [3.8, 4) is 6.07 Å². The van der Waals surface area contributed by atoms with E-state index in [2.05, 4.69) is 5.32 Å². The molecule has 1 heterocycles. The van der Waals surface area contributed by atoms with Gasteiger partial charge in [-0.25, -0.2) is 8.42 Å². The van der Waals surface area contributed by atoms with Crippen LogP contribution >= 0.6 is 11.6 Å². The maximum atomic E-state index is 12.9. The van der Waals surface area contributed by atoms with Gasteiger partial charge in [-0.3, -0.25) is 9.59 Å². The fourth-order valence-corrected chi connectivity index (χ4v) is 5.11. The van der Waals surface area contributed by atoms with E-state index in [4.69, 9.17) is 11.6 Å². The molecule has 2 aromatic carbocycles. The second-order valence-electron chi connectivity index (χ2n) is 7.01. The van der Waals surface area contributed by atoms with Crippen LogP contribution in [0, 0.1) is 11.3 Å². The van der Waals surface area contributed by atoms with Gasteiger partial charge in [-0.2, -0.15) is 9.57 Å². The molecule has 0 aromatic heterocycles. The van der Waals surface area contributed by atoms with E-state index in [0.29, 0.717) is 0 Å². The number of hydrogen-bond donors (Lipinski definition) is 1. The highest BCUT2D eigenvalue weighted by atomic mass is 35.5. The molecule has 1 saturated heterocycles. The van der Waals surface area contributed by atoms with Crippen molar-refractivity contribution in [3.05, 3.63) is 64.7 Å². The molecule has 3 rings (SSSR count). The number of carbonyl (C=O) groups is 2. The van der Waals surface area contributed by atoms with Crippen LogP contribution in [0.2, 0.25) is 5.02 Å². The zero-order valence-electron chi connectivity index (χ0n) is 16.8. The zero-order chi connectivity index (χ0) is 22.6. The van der Waals surface area contributed by atoms with Gasteiger partial charge in [0, 0.05) is 26.2 Å². The summed E-state index contributed by atoms with van der Waals surface area (Å²) in [6, 6.07) is 13.7. The van der Waals surface area contributed by atoms with Gasteiger partial charge in [0.25, 0.3) is 5.91 Å². The van der Waals surface area contributed by atoms with Crippen molar-refractivity contribution < 1.29 is 18.0 Å². The number of nitrogens with one attached hydrogen (secondary N) is 1. The molecule has 1 fully saturated rings. The van der Waals surface area contributed by atoms with E-state index in [0.717, 1.165) is 0 Å². The van der Waals surface area contributed by atoms with Crippen LogP contribution in [0.15, 0.2) is 53.4 Å². The summed E-state index contributed by atoms with van der Waals surface area (Å²) in [5, 5.41) is 12.1. The Balaban J connectivity index is 1.62. The topological polar surface area (TPSA) is 111 Å². The summed E-state index contributed by atoms with van der Waals surface area (Å²) in [7, 11) is -3.85.